The van der Waals surface area contributed by atoms with Gasteiger partial charge in [-0.2, -0.15) is 0 Å². The lowest BCUT2D eigenvalue weighted by atomic mass is 9.86. The average molecular weight is 392 g/mol. The van der Waals surface area contributed by atoms with Crippen molar-refractivity contribution in [2.45, 2.75) is 69.9 Å². The number of benzene rings is 1. The molecule has 0 radical (unpaired) electrons. The van der Waals surface area contributed by atoms with E-state index in [0.29, 0.717) is 11.5 Å². The van der Waals surface area contributed by atoms with Crippen molar-refractivity contribution in [2.75, 3.05) is 0 Å². The van der Waals surface area contributed by atoms with Gasteiger partial charge in [0.2, 0.25) is 5.91 Å². The number of aliphatic imine (C=N–C) groups is 1. The molecule has 4 atom stereocenters. The van der Waals surface area contributed by atoms with Crippen LogP contribution >= 0.6 is 0 Å². The van der Waals surface area contributed by atoms with Crippen molar-refractivity contribution in [3.63, 3.8) is 0 Å². The second-order valence-electron chi connectivity index (χ2n) is 7.89. The van der Waals surface area contributed by atoms with Crippen molar-refractivity contribution in [1.82, 2.24) is 10.0 Å². The summed E-state index contributed by atoms with van der Waals surface area (Å²) in [5, 5.41) is 3.16. The normalized spacial score (nSPS) is 27.4. The molecule has 1 aromatic carbocycles. The standard InChI is InChI=1S/C20H29N3O3S/c1-4-14(3)18(20(24)21-15-9-7-8-13(2)12-15)22-19-16-10-5-6-11-17(16)27(25,26)23-19/h5-6,10-11,13-15,18H,4,7-9,12H2,1-3H3,(H,21,24)(H,22,23)/t13?,14-,15?,18-/m0/s1. The number of nitrogens with one attached hydrogen (secondary N) is 2. The summed E-state index contributed by atoms with van der Waals surface area (Å²) in [5.41, 5.74) is 0.532. The molecule has 27 heavy (non-hydrogen) atoms. The fourth-order valence-electron chi connectivity index (χ4n) is 3.89. The summed E-state index contributed by atoms with van der Waals surface area (Å²) >= 11 is 0. The number of hydrogen-bond acceptors (Lipinski definition) is 4. The SMILES string of the molecule is CC[C@H](C)[C@H](N=C1NS(=O)(=O)c2ccccc21)C(=O)NC1CCCC(C)C1. The lowest BCUT2D eigenvalue weighted by molar-refractivity contribution is -0.124. The predicted octanol–water partition coefficient (Wildman–Crippen LogP) is 2.83. The van der Waals surface area contributed by atoms with Gasteiger partial charge >= 0.3 is 0 Å². The van der Waals surface area contributed by atoms with Crippen molar-refractivity contribution < 1.29 is 13.2 Å². The van der Waals surface area contributed by atoms with Gasteiger partial charge in [0.15, 0.2) is 0 Å². The maximum atomic E-state index is 13.0. The van der Waals surface area contributed by atoms with Crippen molar-refractivity contribution in [2.24, 2.45) is 16.8 Å². The van der Waals surface area contributed by atoms with Crippen molar-refractivity contribution in [3.05, 3.63) is 29.8 Å². The summed E-state index contributed by atoms with van der Waals surface area (Å²) in [4.78, 5) is 17.8. The molecule has 148 valence electrons. The number of amidine groups is 1. The molecule has 1 heterocycles. The number of amides is 1. The summed E-state index contributed by atoms with van der Waals surface area (Å²) < 4.78 is 27.1. The van der Waals surface area contributed by atoms with Crippen LogP contribution < -0.4 is 10.0 Å². The van der Waals surface area contributed by atoms with Crippen molar-refractivity contribution in [1.29, 1.82) is 0 Å². The third-order valence-corrected chi connectivity index (χ3v) is 7.06. The third-order valence-electron chi connectivity index (χ3n) is 5.67. The molecule has 7 heteroatoms. The summed E-state index contributed by atoms with van der Waals surface area (Å²) in [7, 11) is -3.61. The van der Waals surface area contributed by atoms with E-state index in [1.54, 1.807) is 24.3 Å². The Labute approximate surface area is 161 Å². The van der Waals surface area contributed by atoms with Gasteiger partial charge in [0, 0.05) is 11.6 Å². The van der Waals surface area contributed by atoms with E-state index in [1.807, 2.05) is 13.8 Å². The summed E-state index contributed by atoms with van der Waals surface area (Å²) in [6, 6.07) is 6.31. The molecule has 2 unspecified atom stereocenters. The Bertz CT molecular complexity index is 835. The molecular formula is C20H29N3O3S. The summed E-state index contributed by atoms with van der Waals surface area (Å²) in [6.07, 6.45) is 5.11. The molecule has 1 fully saturated rings. The molecule has 1 aliphatic carbocycles. The number of nitrogens with zero attached hydrogens (tertiary/aromatic N) is 1. The highest BCUT2D eigenvalue weighted by Crippen LogP contribution is 2.26. The van der Waals surface area contributed by atoms with E-state index >= 15 is 0 Å². The third kappa shape index (κ3) is 4.34. The highest BCUT2D eigenvalue weighted by Gasteiger charge is 2.33. The zero-order valence-corrected chi connectivity index (χ0v) is 17.1. The van der Waals surface area contributed by atoms with E-state index in [0.717, 1.165) is 25.7 Å². The fourth-order valence-corrected chi connectivity index (χ4v) is 5.13. The van der Waals surface area contributed by atoms with Gasteiger partial charge in [-0.1, -0.05) is 52.2 Å². The number of sulfonamides is 1. The largest absolute Gasteiger partial charge is 0.351 e. The summed E-state index contributed by atoms with van der Waals surface area (Å²) in [5.74, 6) is 0.782. The molecule has 2 N–H and O–H groups in total. The summed E-state index contributed by atoms with van der Waals surface area (Å²) in [6.45, 7) is 6.21. The van der Waals surface area contributed by atoms with E-state index < -0.39 is 16.1 Å². The maximum absolute atomic E-state index is 13.0. The minimum atomic E-state index is -3.61. The number of carbonyl (C=O) groups is 1. The van der Waals surface area contributed by atoms with E-state index in [-0.39, 0.29) is 28.6 Å². The molecule has 1 saturated carbocycles. The van der Waals surface area contributed by atoms with Gasteiger partial charge in [-0.3, -0.25) is 14.5 Å². The van der Waals surface area contributed by atoms with Gasteiger partial charge in [0.05, 0.1) is 4.90 Å². The molecule has 6 nitrogen and oxygen atoms in total. The first-order valence-electron chi connectivity index (χ1n) is 9.82. The Kier molecular flexibility index (Phi) is 5.89. The van der Waals surface area contributed by atoms with Crippen LogP contribution in [0.5, 0.6) is 0 Å². The Balaban J connectivity index is 1.86. The Morgan fingerprint density at radius 1 is 1.33 bits per heavy atom. The molecule has 1 aliphatic heterocycles. The van der Waals surface area contributed by atoms with Crippen LogP contribution in [0.1, 0.15) is 58.4 Å². The van der Waals surface area contributed by atoms with Crippen LogP contribution in [0.15, 0.2) is 34.2 Å². The molecule has 0 spiro atoms. The Morgan fingerprint density at radius 2 is 2.07 bits per heavy atom. The van der Waals surface area contributed by atoms with E-state index in [1.165, 1.54) is 6.42 Å². The highest BCUT2D eigenvalue weighted by molar-refractivity contribution is 7.90. The second-order valence-corrected chi connectivity index (χ2v) is 9.54. The van der Waals surface area contributed by atoms with Gasteiger partial charge in [-0.15, -0.1) is 0 Å². The minimum absolute atomic E-state index is 0.00998. The molecule has 1 aromatic rings. The number of carbonyl (C=O) groups excluding carboxylic acids is 1. The molecule has 2 aliphatic rings. The number of fused-ring (bicyclic) bond motifs is 1. The molecule has 3 rings (SSSR count). The first-order valence-corrected chi connectivity index (χ1v) is 11.3. The van der Waals surface area contributed by atoms with Gasteiger partial charge in [0.1, 0.15) is 11.9 Å². The minimum Gasteiger partial charge on any atom is -0.351 e. The Morgan fingerprint density at radius 3 is 2.78 bits per heavy atom. The van der Waals surface area contributed by atoms with Gasteiger partial charge in [0.25, 0.3) is 10.0 Å². The molecule has 0 bridgehead atoms. The second kappa shape index (κ2) is 8.00. The predicted molar refractivity (Wildman–Crippen MR) is 106 cm³/mol. The van der Waals surface area contributed by atoms with Crippen LogP contribution in [0.3, 0.4) is 0 Å². The first-order chi connectivity index (χ1) is 12.8. The lowest BCUT2D eigenvalue weighted by Gasteiger charge is -2.29. The highest BCUT2D eigenvalue weighted by atomic mass is 32.2. The zero-order chi connectivity index (χ0) is 19.6. The monoisotopic (exact) mass is 391 g/mol. The van der Waals surface area contributed by atoms with Crippen LogP contribution in [0, 0.1) is 11.8 Å². The average Bonchev–Trinajstić information content (AvgIpc) is 2.90. The molecular weight excluding hydrogens is 362 g/mol. The van der Waals surface area contributed by atoms with Crippen molar-refractivity contribution >= 4 is 21.8 Å². The first kappa shape index (κ1) is 19.9. The van der Waals surface area contributed by atoms with Crippen LogP contribution in [0.4, 0.5) is 0 Å². The Hall–Kier alpha value is -1.89. The van der Waals surface area contributed by atoms with Crippen LogP contribution in [-0.4, -0.2) is 32.2 Å². The van der Waals surface area contributed by atoms with E-state index in [2.05, 4.69) is 22.0 Å². The quantitative estimate of drug-likeness (QED) is 0.809. The zero-order valence-electron chi connectivity index (χ0n) is 16.2. The topological polar surface area (TPSA) is 87.6 Å². The van der Waals surface area contributed by atoms with Gasteiger partial charge in [-0.05, 0) is 36.8 Å². The fraction of sp³-hybridized carbons (Fsp3) is 0.600. The number of hydrogen-bond donors (Lipinski definition) is 2. The molecule has 1 amide bonds. The van der Waals surface area contributed by atoms with Crippen molar-refractivity contribution in [3.8, 4) is 0 Å². The van der Waals surface area contributed by atoms with Crippen LogP contribution in [0.2, 0.25) is 0 Å². The van der Waals surface area contributed by atoms with Gasteiger partial charge in [-0.25, -0.2) is 8.42 Å². The van der Waals surface area contributed by atoms with Gasteiger partial charge < -0.3 is 5.32 Å². The van der Waals surface area contributed by atoms with E-state index in [4.69, 9.17) is 0 Å². The van der Waals surface area contributed by atoms with E-state index in [9.17, 15) is 13.2 Å². The number of rotatable bonds is 5. The smallest absolute Gasteiger partial charge is 0.263 e. The molecule has 0 aromatic heterocycles. The molecule has 0 saturated heterocycles. The van der Waals surface area contributed by atoms with Crippen LogP contribution in [0.25, 0.3) is 0 Å². The lowest BCUT2D eigenvalue weighted by Crippen LogP contribution is -2.45. The maximum Gasteiger partial charge on any atom is 0.263 e. The van der Waals surface area contributed by atoms with Crippen LogP contribution in [-0.2, 0) is 14.8 Å².